The van der Waals surface area contributed by atoms with E-state index in [1.165, 1.54) is 47.1 Å². The smallest absolute Gasteiger partial charge is 0.127 e. The normalized spacial score (nSPS) is 18.2. The van der Waals surface area contributed by atoms with E-state index in [0.29, 0.717) is 12.0 Å². The highest BCUT2D eigenvalue weighted by molar-refractivity contribution is 5.39. The zero-order chi connectivity index (χ0) is 22.1. The lowest BCUT2D eigenvalue weighted by molar-refractivity contribution is 0.159. The van der Waals surface area contributed by atoms with Crippen LogP contribution in [-0.2, 0) is 12.8 Å². The lowest BCUT2D eigenvalue weighted by Crippen LogP contribution is -2.17. The number of hydrogen-bond donors (Lipinski definition) is 1. The Morgan fingerprint density at radius 2 is 1.93 bits per heavy atom. The summed E-state index contributed by atoms with van der Waals surface area (Å²) in [4.78, 5) is 0. The third-order valence-electron chi connectivity index (χ3n) is 5.94. The van der Waals surface area contributed by atoms with Gasteiger partial charge in [-0.25, -0.2) is 0 Å². The number of allylic oxidation sites excluding steroid dienone is 1. The van der Waals surface area contributed by atoms with Crippen LogP contribution in [0.3, 0.4) is 0 Å². The fourth-order valence-electron chi connectivity index (χ4n) is 4.02. The maximum absolute atomic E-state index is 6.33. The predicted octanol–water partition coefficient (Wildman–Crippen LogP) is 7.34. The summed E-state index contributed by atoms with van der Waals surface area (Å²) < 4.78 is 6.33. The van der Waals surface area contributed by atoms with Gasteiger partial charge in [-0.3, -0.25) is 0 Å². The summed E-state index contributed by atoms with van der Waals surface area (Å²) in [6.07, 6.45) is 7.10. The molecule has 0 spiro atoms. The summed E-state index contributed by atoms with van der Waals surface area (Å²) in [5.41, 5.74) is 12.2. The molecule has 164 valence electrons. The SMILES string of the molecule is C=C(C)Cc1ccc(OC2c3ccccc3C[C@H]2C)cc1C.CCCCC(N)CC. The molecule has 3 rings (SSSR count). The van der Waals surface area contributed by atoms with Crippen molar-refractivity contribution in [3.8, 4) is 5.75 Å². The molecule has 0 aliphatic heterocycles. The Morgan fingerprint density at radius 1 is 1.20 bits per heavy atom. The van der Waals surface area contributed by atoms with Gasteiger partial charge >= 0.3 is 0 Å². The molecule has 0 amide bonds. The molecule has 1 aliphatic carbocycles. The highest BCUT2D eigenvalue weighted by atomic mass is 16.5. The Hall–Kier alpha value is -2.06. The van der Waals surface area contributed by atoms with Crippen LogP contribution >= 0.6 is 0 Å². The van der Waals surface area contributed by atoms with Gasteiger partial charge in [-0.1, -0.05) is 76.1 Å². The molecule has 0 saturated heterocycles. The van der Waals surface area contributed by atoms with Gasteiger partial charge in [-0.15, -0.1) is 0 Å². The number of aryl methyl sites for hydroxylation is 1. The molecule has 0 aromatic heterocycles. The lowest BCUT2D eigenvalue weighted by atomic mass is 10.0. The second kappa shape index (κ2) is 12.0. The van der Waals surface area contributed by atoms with Crippen molar-refractivity contribution in [3.63, 3.8) is 0 Å². The fraction of sp³-hybridized carbons (Fsp3) is 0.500. The first-order valence-electron chi connectivity index (χ1n) is 11.6. The number of unbranched alkanes of at least 4 members (excludes halogenated alkanes) is 1. The Bertz CT molecular complexity index is 810. The van der Waals surface area contributed by atoms with Crippen LogP contribution in [0.15, 0.2) is 54.6 Å². The monoisotopic (exact) mass is 407 g/mol. The third-order valence-corrected chi connectivity index (χ3v) is 5.94. The molecule has 30 heavy (non-hydrogen) atoms. The van der Waals surface area contributed by atoms with Crippen LogP contribution in [-0.4, -0.2) is 6.04 Å². The second-order valence-electron chi connectivity index (χ2n) is 8.95. The second-order valence-corrected chi connectivity index (χ2v) is 8.95. The third kappa shape index (κ3) is 7.02. The van der Waals surface area contributed by atoms with Gasteiger partial charge in [0.25, 0.3) is 0 Å². The van der Waals surface area contributed by atoms with E-state index in [1.807, 2.05) is 0 Å². The predicted molar refractivity (Wildman–Crippen MR) is 130 cm³/mol. The molecule has 1 aliphatic rings. The van der Waals surface area contributed by atoms with Crippen molar-refractivity contribution in [2.75, 3.05) is 0 Å². The zero-order valence-corrected chi connectivity index (χ0v) is 19.7. The number of benzene rings is 2. The largest absolute Gasteiger partial charge is 0.485 e. The maximum Gasteiger partial charge on any atom is 0.127 e. The van der Waals surface area contributed by atoms with Gasteiger partial charge in [0.1, 0.15) is 11.9 Å². The van der Waals surface area contributed by atoms with Crippen LogP contribution < -0.4 is 10.5 Å². The summed E-state index contributed by atoms with van der Waals surface area (Å²) in [5.74, 6) is 1.49. The first-order chi connectivity index (χ1) is 14.3. The molecule has 2 N–H and O–H groups in total. The first kappa shape index (κ1) is 24.2. The molecule has 2 heteroatoms. The number of nitrogens with two attached hydrogens (primary N) is 1. The van der Waals surface area contributed by atoms with Gasteiger partial charge < -0.3 is 10.5 Å². The fourth-order valence-corrected chi connectivity index (χ4v) is 4.02. The molecule has 0 fully saturated rings. The Balaban J connectivity index is 0.000000343. The number of hydrogen-bond acceptors (Lipinski definition) is 2. The Morgan fingerprint density at radius 3 is 2.57 bits per heavy atom. The maximum atomic E-state index is 6.33. The highest BCUT2D eigenvalue weighted by Crippen LogP contribution is 2.39. The Kier molecular flexibility index (Phi) is 9.65. The van der Waals surface area contributed by atoms with Crippen LogP contribution in [0.1, 0.15) is 81.7 Å². The first-order valence-corrected chi connectivity index (χ1v) is 11.6. The highest BCUT2D eigenvalue weighted by Gasteiger charge is 2.30. The number of rotatable bonds is 8. The standard InChI is InChI=1S/C21H24O.C7H17N/c1-14(2)11-17-9-10-19(13-15(17)3)22-21-16(4)12-18-7-5-6-8-20(18)21;1-3-5-6-7(8)4-2/h5-10,13,16,21H,1,11-12H2,2-4H3;7H,3-6,8H2,1-2H3/t16-,21?;/m1./s1. The molecule has 2 unspecified atom stereocenters. The molecular weight excluding hydrogens is 366 g/mol. The zero-order valence-electron chi connectivity index (χ0n) is 19.7. The van der Waals surface area contributed by atoms with Crippen molar-refractivity contribution in [3.05, 3.63) is 76.9 Å². The number of ether oxygens (including phenoxy) is 1. The van der Waals surface area contributed by atoms with Crippen LogP contribution in [0.2, 0.25) is 0 Å². The van der Waals surface area contributed by atoms with E-state index < -0.39 is 0 Å². The lowest BCUT2D eigenvalue weighted by Gasteiger charge is -2.20. The van der Waals surface area contributed by atoms with E-state index in [0.717, 1.165) is 25.0 Å². The van der Waals surface area contributed by atoms with Crippen molar-refractivity contribution in [2.24, 2.45) is 11.7 Å². The van der Waals surface area contributed by atoms with Gasteiger partial charge in [-0.05, 0) is 73.9 Å². The van der Waals surface area contributed by atoms with Crippen molar-refractivity contribution in [1.82, 2.24) is 0 Å². The van der Waals surface area contributed by atoms with E-state index in [2.05, 4.69) is 83.7 Å². The molecule has 0 saturated carbocycles. The average molecular weight is 408 g/mol. The molecule has 2 aromatic carbocycles. The summed E-state index contributed by atoms with van der Waals surface area (Å²) in [7, 11) is 0. The van der Waals surface area contributed by atoms with Gasteiger partial charge in [0, 0.05) is 12.0 Å². The van der Waals surface area contributed by atoms with Gasteiger partial charge in [0.2, 0.25) is 0 Å². The summed E-state index contributed by atoms with van der Waals surface area (Å²) in [6.45, 7) is 14.8. The Labute approximate surface area is 184 Å². The molecule has 2 aromatic rings. The topological polar surface area (TPSA) is 35.2 Å². The van der Waals surface area contributed by atoms with Crippen molar-refractivity contribution < 1.29 is 4.74 Å². The van der Waals surface area contributed by atoms with Crippen LogP contribution in [0.25, 0.3) is 0 Å². The molecule has 0 heterocycles. The van der Waals surface area contributed by atoms with E-state index >= 15 is 0 Å². The summed E-state index contributed by atoms with van der Waals surface area (Å²) in [6, 6.07) is 15.5. The minimum atomic E-state index is 0.169. The van der Waals surface area contributed by atoms with E-state index in [9.17, 15) is 0 Å². The van der Waals surface area contributed by atoms with Crippen molar-refractivity contribution in [2.45, 2.75) is 85.3 Å². The quantitative estimate of drug-likeness (QED) is 0.465. The van der Waals surface area contributed by atoms with Crippen molar-refractivity contribution >= 4 is 0 Å². The minimum Gasteiger partial charge on any atom is -0.485 e. The van der Waals surface area contributed by atoms with Crippen LogP contribution in [0.4, 0.5) is 0 Å². The summed E-state index contributed by atoms with van der Waals surface area (Å²) in [5, 5.41) is 0. The molecule has 0 radical (unpaired) electrons. The van der Waals surface area contributed by atoms with Crippen LogP contribution in [0, 0.1) is 12.8 Å². The summed E-state index contributed by atoms with van der Waals surface area (Å²) >= 11 is 0. The van der Waals surface area contributed by atoms with Gasteiger partial charge in [-0.2, -0.15) is 0 Å². The van der Waals surface area contributed by atoms with Crippen molar-refractivity contribution in [1.29, 1.82) is 0 Å². The van der Waals surface area contributed by atoms with Gasteiger partial charge in [0.15, 0.2) is 0 Å². The minimum absolute atomic E-state index is 0.169. The van der Waals surface area contributed by atoms with E-state index in [1.54, 1.807) is 0 Å². The van der Waals surface area contributed by atoms with Crippen LogP contribution in [0.5, 0.6) is 5.75 Å². The molecular formula is C28H41NO. The molecule has 2 nitrogen and oxygen atoms in total. The molecule has 3 atom stereocenters. The molecule has 0 bridgehead atoms. The van der Waals surface area contributed by atoms with E-state index in [-0.39, 0.29) is 6.10 Å². The number of fused-ring (bicyclic) bond motifs is 1. The van der Waals surface area contributed by atoms with Gasteiger partial charge in [0.05, 0.1) is 0 Å². The van der Waals surface area contributed by atoms with E-state index in [4.69, 9.17) is 10.5 Å². The average Bonchev–Trinajstić information content (AvgIpc) is 3.03.